The first-order valence-electron chi connectivity index (χ1n) is 5.11. The summed E-state index contributed by atoms with van der Waals surface area (Å²) in [5.74, 6) is -1.03. The maximum absolute atomic E-state index is 13.6. The molecule has 0 radical (unpaired) electrons. The van der Waals surface area contributed by atoms with E-state index in [4.69, 9.17) is 5.73 Å². The summed E-state index contributed by atoms with van der Waals surface area (Å²) in [6, 6.07) is 4.92. The molecule has 0 amide bonds. The van der Waals surface area contributed by atoms with Crippen molar-refractivity contribution in [2.45, 2.75) is 19.3 Å². The van der Waals surface area contributed by atoms with E-state index < -0.39 is 0 Å². The monoisotopic (exact) mass is 225 g/mol. The summed E-state index contributed by atoms with van der Waals surface area (Å²) in [6.07, 6.45) is 0.104. The molecule has 0 saturated carbocycles. The molecule has 1 atom stereocenters. The van der Waals surface area contributed by atoms with E-state index in [1.54, 1.807) is 12.1 Å². The van der Waals surface area contributed by atoms with Crippen molar-refractivity contribution in [3.63, 3.8) is 0 Å². The van der Waals surface area contributed by atoms with Crippen molar-refractivity contribution in [2.24, 2.45) is 5.73 Å². The zero-order valence-corrected chi connectivity index (χ0v) is 9.50. The summed E-state index contributed by atoms with van der Waals surface area (Å²) in [4.78, 5) is 11.1. The molecule has 0 fully saturated rings. The maximum atomic E-state index is 13.6. The Morgan fingerprint density at radius 3 is 2.75 bits per heavy atom. The molecule has 0 aliphatic heterocycles. The third-order valence-electron chi connectivity index (χ3n) is 2.52. The highest BCUT2D eigenvalue weighted by molar-refractivity contribution is 5.70. The van der Waals surface area contributed by atoms with E-state index in [1.165, 1.54) is 13.2 Å². The van der Waals surface area contributed by atoms with Gasteiger partial charge in [0.15, 0.2) is 0 Å². The second-order valence-electron chi connectivity index (χ2n) is 3.74. The van der Waals surface area contributed by atoms with Gasteiger partial charge in [-0.15, -0.1) is 0 Å². The smallest absolute Gasteiger partial charge is 0.306 e. The van der Waals surface area contributed by atoms with Gasteiger partial charge < -0.3 is 10.5 Å². The van der Waals surface area contributed by atoms with Gasteiger partial charge in [-0.25, -0.2) is 4.39 Å². The number of rotatable bonds is 4. The average Bonchev–Trinajstić information content (AvgIpc) is 2.26. The minimum Gasteiger partial charge on any atom is -0.469 e. The van der Waals surface area contributed by atoms with Gasteiger partial charge in [-0.2, -0.15) is 0 Å². The molecule has 88 valence electrons. The lowest BCUT2D eigenvalue weighted by molar-refractivity contribution is -0.141. The van der Waals surface area contributed by atoms with Gasteiger partial charge in [0.25, 0.3) is 0 Å². The number of esters is 1. The highest BCUT2D eigenvalue weighted by Crippen LogP contribution is 2.22. The van der Waals surface area contributed by atoms with Crippen LogP contribution in [0.15, 0.2) is 18.2 Å². The van der Waals surface area contributed by atoms with Gasteiger partial charge in [-0.1, -0.05) is 12.1 Å². The van der Waals surface area contributed by atoms with Crippen molar-refractivity contribution in [1.82, 2.24) is 0 Å². The van der Waals surface area contributed by atoms with Crippen LogP contribution in [0, 0.1) is 12.7 Å². The molecule has 1 aromatic rings. The second kappa shape index (κ2) is 5.61. The Morgan fingerprint density at radius 1 is 1.56 bits per heavy atom. The van der Waals surface area contributed by atoms with Gasteiger partial charge >= 0.3 is 5.97 Å². The molecule has 1 unspecified atom stereocenters. The van der Waals surface area contributed by atoms with E-state index in [2.05, 4.69) is 4.74 Å². The zero-order chi connectivity index (χ0) is 12.1. The Balaban J connectivity index is 2.90. The number of ether oxygens (including phenoxy) is 1. The van der Waals surface area contributed by atoms with Crippen LogP contribution >= 0.6 is 0 Å². The molecule has 16 heavy (non-hydrogen) atoms. The molecule has 0 aliphatic carbocycles. The van der Waals surface area contributed by atoms with Crippen LogP contribution in [0.5, 0.6) is 0 Å². The molecule has 0 aliphatic rings. The van der Waals surface area contributed by atoms with Gasteiger partial charge in [0.2, 0.25) is 0 Å². The minimum absolute atomic E-state index is 0.104. The summed E-state index contributed by atoms with van der Waals surface area (Å²) >= 11 is 0. The third-order valence-corrected chi connectivity index (χ3v) is 2.52. The van der Waals surface area contributed by atoms with Crippen LogP contribution in [-0.2, 0) is 9.53 Å². The van der Waals surface area contributed by atoms with Crippen molar-refractivity contribution in [1.29, 1.82) is 0 Å². The van der Waals surface area contributed by atoms with Gasteiger partial charge in [-0.05, 0) is 30.7 Å². The third kappa shape index (κ3) is 3.03. The number of hydrogen-bond donors (Lipinski definition) is 1. The highest BCUT2D eigenvalue weighted by Gasteiger charge is 2.18. The molecule has 0 heterocycles. The largest absolute Gasteiger partial charge is 0.469 e. The summed E-state index contributed by atoms with van der Waals surface area (Å²) in [7, 11) is 1.31. The molecular weight excluding hydrogens is 209 g/mol. The summed E-state index contributed by atoms with van der Waals surface area (Å²) in [6.45, 7) is 2.03. The fraction of sp³-hybridized carbons (Fsp3) is 0.417. The van der Waals surface area contributed by atoms with Crippen LogP contribution in [0.3, 0.4) is 0 Å². The minimum atomic E-state index is -0.379. The van der Waals surface area contributed by atoms with E-state index in [-0.39, 0.29) is 30.7 Å². The molecule has 3 nitrogen and oxygen atoms in total. The van der Waals surface area contributed by atoms with E-state index in [9.17, 15) is 9.18 Å². The number of hydrogen-bond acceptors (Lipinski definition) is 3. The van der Waals surface area contributed by atoms with E-state index in [1.807, 2.05) is 6.92 Å². The number of benzene rings is 1. The first kappa shape index (κ1) is 12.6. The van der Waals surface area contributed by atoms with E-state index >= 15 is 0 Å². The van der Waals surface area contributed by atoms with Crippen molar-refractivity contribution in [2.75, 3.05) is 13.7 Å². The predicted molar refractivity (Wildman–Crippen MR) is 59.6 cm³/mol. The Bertz CT molecular complexity index is 379. The van der Waals surface area contributed by atoms with Crippen LogP contribution in [-0.4, -0.2) is 19.6 Å². The number of halogens is 1. The summed E-state index contributed by atoms with van der Waals surface area (Å²) < 4.78 is 18.2. The molecule has 0 aromatic heterocycles. The van der Waals surface area contributed by atoms with Gasteiger partial charge in [0.05, 0.1) is 13.5 Å². The van der Waals surface area contributed by atoms with Gasteiger partial charge in [0.1, 0.15) is 5.82 Å². The van der Waals surface area contributed by atoms with E-state index in [0.29, 0.717) is 5.56 Å². The van der Waals surface area contributed by atoms with Crippen LogP contribution < -0.4 is 5.73 Å². The number of methoxy groups -OCH3 is 1. The molecule has 0 spiro atoms. The summed E-state index contributed by atoms with van der Waals surface area (Å²) in [5, 5.41) is 0. The van der Waals surface area contributed by atoms with Crippen molar-refractivity contribution >= 4 is 5.97 Å². The number of carbonyl (C=O) groups excluding carboxylic acids is 1. The molecule has 1 rings (SSSR count). The van der Waals surface area contributed by atoms with Crippen LogP contribution in [0.2, 0.25) is 0 Å². The lowest BCUT2D eigenvalue weighted by atomic mass is 9.94. The molecule has 4 heteroatoms. The highest BCUT2D eigenvalue weighted by atomic mass is 19.1. The average molecular weight is 225 g/mol. The Labute approximate surface area is 94.4 Å². The lowest BCUT2D eigenvalue weighted by Gasteiger charge is -2.14. The Morgan fingerprint density at radius 2 is 2.25 bits per heavy atom. The van der Waals surface area contributed by atoms with E-state index in [0.717, 1.165) is 5.56 Å². The van der Waals surface area contributed by atoms with Gasteiger partial charge in [0, 0.05) is 5.92 Å². The predicted octanol–water partition coefficient (Wildman–Crippen LogP) is 1.74. The fourth-order valence-corrected chi connectivity index (χ4v) is 1.57. The Kier molecular flexibility index (Phi) is 4.43. The number of aryl methyl sites for hydroxylation is 1. The fourth-order valence-electron chi connectivity index (χ4n) is 1.57. The van der Waals surface area contributed by atoms with Gasteiger partial charge in [-0.3, -0.25) is 4.79 Å². The molecule has 2 N–H and O–H groups in total. The quantitative estimate of drug-likeness (QED) is 0.794. The summed E-state index contributed by atoms with van der Waals surface area (Å²) in [5.41, 5.74) is 6.85. The van der Waals surface area contributed by atoms with Crippen molar-refractivity contribution < 1.29 is 13.9 Å². The van der Waals surface area contributed by atoms with Crippen molar-refractivity contribution in [3.8, 4) is 0 Å². The van der Waals surface area contributed by atoms with Crippen LogP contribution in [0.1, 0.15) is 23.5 Å². The maximum Gasteiger partial charge on any atom is 0.306 e. The molecule has 0 bridgehead atoms. The first-order valence-corrected chi connectivity index (χ1v) is 5.11. The molecule has 1 aromatic carbocycles. The molecular formula is C12H16FNO2. The standard InChI is InChI=1S/C12H16FNO2/c1-8-3-4-10(11(13)5-8)9(7-14)6-12(15)16-2/h3-5,9H,6-7,14H2,1-2H3. The lowest BCUT2D eigenvalue weighted by Crippen LogP contribution is -2.18. The number of nitrogens with two attached hydrogens (primary N) is 1. The first-order chi connectivity index (χ1) is 7.58. The molecule has 0 saturated heterocycles. The normalized spacial score (nSPS) is 12.2. The zero-order valence-electron chi connectivity index (χ0n) is 9.50. The SMILES string of the molecule is COC(=O)CC(CN)c1ccc(C)cc1F. The van der Waals surface area contributed by atoms with Crippen LogP contribution in [0.4, 0.5) is 4.39 Å². The number of carbonyl (C=O) groups is 1. The Hall–Kier alpha value is -1.42. The van der Waals surface area contributed by atoms with Crippen molar-refractivity contribution in [3.05, 3.63) is 35.1 Å². The second-order valence-corrected chi connectivity index (χ2v) is 3.74. The topological polar surface area (TPSA) is 52.3 Å². The van der Waals surface area contributed by atoms with Crippen LogP contribution in [0.25, 0.3) is 0 Å².